The molecule has 0 fully saturated rings. The molecule has 0 radical (unpaired) electrons. The second-order valence-electron chi connectivity index (χ2n) is 3.53. The summed E-state index contributed by atoms with van der Waals surface area (Å²) in [6.45, 7) is 4.04. The minimum absolute atomic E-state index is 0.208. The summed E-state index contributed by atoms with van der Waals surface area (Å²) in [4.78, 5) is 11.9. The first-order valence-corrected chi connectivity index (χ1v) is 5.70. The maximum absolute atomic E-state index is 11.9. The predicted molar refractivity (Wildman–Crippen MR) is 62.1 cm³/mol. The molecule has 1 atom stereocenters. The normalized spacial score (nSPS) is 14.5. The Morgan fingerprint density at radius 1 is 1.69 bits per heavy atom. The summed E-state index contributed by atoms with van der Waals surface area (Å²) in [5.74, 6) is -0.354. The van der Waals surface area contributed by atoms with Gasteiger partial charge in [-0.25, -0.2) is 4.79 Å². The minimum atomic E-state index is -0.934. The molecule has 1 unspecified atom stereocenters. The van der Waals surface area contributed by atoms with Crippen LogP contribution in [0.1, 0.15) is 13.8 Å². The highest BCUT2D eigenvalue weighted by Gasteiger charge is 2.37. The number of ether oxygens (including phenoxy) is 2. The van der Waals surface area contributed by atoms with Crippen molar-refractivity contribution in [3.05, 3.63) is 16.9 Å². The Bertz CT molecular complexity index is 367. The van der Waals surface area contributed by atoms with Crippen molar-refractivity contribution in [2.45, 2.75) is 19.4 Å². The molecule has 0 aliphatic heterocycles. The van der Waals surface area contributed by atoms with Gasteiger partial charge < -0.3 is 9.47 Å². The number of carbonyl (C=O) groups excluding carboxylic acids is 1. The molecule has 0 saturated heterocycles. The maximum atomic E-state index is 11.9. The SMILES string of the molecule is CCOC(=O)C(C)(COC)n1cc(Br)cn1. The van der Waals surface area contributed by atoms with Gasteiger partial charge in [-0.2, -0.15) is 5.10 Å². The van der Waals surface area contributed by atoms with Gasteiger partial charge in [-0.05, 0) is 29.8 Å². The number of esters is 1. The third kappa shape index (κ3) is 2.62. The van der Waals surface area contributed by atoms with E-state index in [4.69, 9.17) is 9.47 Å². The largest absolute Gasteiger partial charge is 0.464 e. The second kappa shape index (κ2) is 5.45. The first-order valence-electron chi connectivity index (χ1n) is 4.91. The lowest BCUT2D eigenvalue weighted by atomic mass is 10.1. The Balaban J connectivity index is 3.00. The van der Waals surface area contributed by atoms with E-state index in [1.54, 1.807) is 30.9 Å². The molecule has 5 nitrogen and oxygen atoms in total. The summed E-state index contributed by atoms with van der Waals surface area (Å²) < 4.78 is 12.4. The predicted octanol–water partition coefficient (Wildman–Crippen LogP) is 1.57. The van der Waals surface area contributed by atoms with E-state index < -0.39 is 5.54 Å². The molecule has 0 aromatic carbocycles. The zero-order valence-corrected chi connectivity index (χ0v) is 11.2. The van der Waals surface area contributed by atoms with Gasteiger partial charge in [-0.3, -0.25) is 4.68 Å². The van der Waals surface area contributed by atoms with Crippen molar-refractivity contribution in [2.24, 2.45) is 0 Å². The molecule has 0 saturated carbocycles. The van der Waals surface area contributed by atoms with Crippen molar-refractivity contribution in [1.29, 1.82) is 0 Å². The van der Waals surface area contributed by atoms with Gasteiger partial charge in [0.25, 0.3) is 0 Å². The van der Waals surface area contributed by atoms with Crippen LogP contribution in [0.15, 0.2) is 16.9 Å². The molecule has 1 aromatic heterocycles. The van der Waals surface area contributed by atoms with Gasteiger partial charge in [0, 0.05) is 13.3 Å². The molecule has 1 aromatic rings. The van der Waals surface area contributed by atoms with Crippen LogP contribution in [0.3, 0.4) is 0 Å². The van der Waals surface area contributed by atoms with Crippen LogP contribution in [0.2, 0.25) is 0 Å². The average Bonchev–Trinajstić information content (AvgIpc) is 2.66. The molecule has 0 aliphatic carbocycles. The van der Waals surface area contributed by atoms with Gasteiger partial charge in [0.1, 0.15) is 0 Å². The Morgan fingerprint density at radius 2 is 2.38 bits per heavy atom. The number of rotatable bonds is 5. The molecule has 0 N–H and O–H groups in total. The first-order chi connectivity index (χ1) is 7.54. The van der Waals surface area contributed by atoms with Crippen LogP contribution in [0.5, 0.6) is 0 Å². The standard InChI is InChI=1S/C10H15BrN2O3/c1-4-16-9(14)10(2,7-15-3)13-6-8(11)5-12-13/h5-6H,4,7H2,1-3H3. The highest BCUT2D eigenvalue weighted by Crippen LogP contribution is 2.20. The van der Waals surface area contributed by atoms with Crippen LogP contribution >= 0.6 is 15.9 Å². The summed E-state index contributed by atoms with van der Waals surface area (Å²) in [6.07, 6.45) is 3.34. The summed E-state index contributed by atoms with van der Waals surface area (Å²) >= 11 is 3.29. The van der Waals surface area contributed by atoms with Crippen LogP contribution in [-0.4, -0.2) is 36.1 Å². The van der Waals surface area contributed by atoms with Crippen molar-refractivity contribution >= 4 is 21.9 Å². The fourth-order valence-electron chi connectivity index (χ4n) is 1.36. The summed E-state index contributed by atoms with van der Waals surface area (Å²) in [5, 5.41) is 4.10. The van der Waals surface area contributed by atoms with Crippen molar-refractivity contribution in [3.8, 4) is 0 Å². The van der Waals surface area contributed by atoms with Gasteiger partial charge in [-0.1, -0.05) is 0 Å². The molecule has 0 spiro atoms. The Labute approximate surface area is 103 Å². The number of hydrogen-bond acceptors (Lipinski definition) is 4. The number of hydrogen-bond donors (Lipinski definition) is 0. The van der Waals surface area contributed by atoms with E-state index in [2.05, 4.69) is 21.0 Å². The fourth-order valence-corrected chi connectivity index (χ4v) is 1.64. The number of methoxy groups -OCH3 is 1. The minimum Gasteiger partial charge on any atom is -0.464 e. The van der Waals surface area contributed by atoms with E-state index in [0.29, 0.717) is 6.61 Å². The number of halogens is 1. The molecule has 90 valence electrons. The van der Waals surface area contributed by atoms with E-state index in [-0.39, 0.29) is 12.6 Å². The quantitative estimate of drug-likeness (QED) is 0.773. The summed E-state index contributed by atoms with van der Waals surface area (Å²) in [6, 6.07) is 0. The van der Waals surface area contributed by atoms with E-state index >= 15 is 0 Å². The zero-order valence-electron chi connectivity index (χ0n) is 9.57. The van der Waals surface area contributed by atoms with Crippen LogP contribution in [0.4, 0.5) is 0 Å². The maximum Gasteiger partial charge on any atom is 0.336 e. The molecule has 16 heavy (non-hydrogen) atoms. The van der Waals surface area contributed by atoms with Gasteiger partial charge in [0.15, 0.2) is 5.54 Å². The lowest BCUT2D eigenvalue weighted by Gasteiger charge is -2.26. The second-order valence-corrected chi connectivity index (χ2v) is 4.45. The van der Waals surface area contributed by atoms with Gasteiger partial charge in [-0.15, -0.1) is 0 Å². The van der Waals surface area contributed by atoms with Crippen LogP contribution in [-0.2, 0) is 19.8 Å². The number of nitrogens with zero attached hydrogens (tertiary/aromatic N) is 2. The third-order valence-corrected chi connectivity index (χ3v) is 2.61. The number of aromatic nitrogens is 2. The molecular formula is C10H15BrN2O3. The van der Waals surface area contributed by atoms with Crippen molar-refractivity contribution in [3.63, 3.8) is 0 Å². The van der Waals surface area contributed by atoms with Crippen LogP contribution < -0.4 is 0 Å². The lowest BCUT2D eigenvalue weighted by molar-refractivity contribution is -0.156. The Morgan fingerprint density at radius 3 is 2.81 bits per heavy atom. The topological polar surface area (TPSA) is 53.4 Å². The molecule has 0 aliphatic rings. The highest BCUT2D eigenvalue weighted by molar-refractivity contribution is 9.10. The Kier molecular flexibility index (Phi) is 4.49. The summed E-state index contributed by atoms with van der Waals surface area (Å²) in [5.41, 5.74) is -0.934. The van der Waals surface area contributed by atoms with E-state index in [0.717, 1.165) is 4.47 Å². The smallest absolute Gasteiger partial charge is 0.336 e. The van der Waals surface area contributed by atoms with Crippen molar-refractivity contribution < 1.29 is 14.3 Å². The van der Waals surface area contributed by atoms with Crippen LogP contribution in [0, 0.1) is 0 Å². The van der Waals surface area contributed by atoms with E-state index in [1.807, 2.05) is 0 Å². The first kappa shape index (κ1) is 13.2. The molecule has 0 bridgehead atoms. The van der Waals surface area contributed by atoms with Gasteiger partial charge >= 0.3 is 5.97 Å². The molecule has 1 rings (SSSR count). The fraction of sp³-hybridized carbons (Fsp3) is 0.600. The van der Waals surface area contributed by atoms with Crippen molar-refractivity contribution in [2.75, 3.05) is 20.3 Å². The van der Waals surface area contributed by atoms with Crippen LogP contribution in [0.25, 0.3) is 0 Å². The molecule has 0 amide bonds. The number of carbonyl (C=O) groups is 1. The third-order valence-electron chi connectivity index (χ3n) is 2.20. The molecule has 1 heterocycles. The van der Waals surface area contributed by atoms with Crippen molar-refractivity contribution in [1.82, 2.24) is 9.78 Å². The van der Waals surface area contributed by atoms with Gasteiger partial charge in [0.05, 0.1) is 23.9 Å². The lowest BCUT2D eigenvalue weighted by Crippen LogP contribution is -2.44. The average molecular weight is 291 g/mol. The highest BCUT2D eigenvalue weighted by atomic mass is 79.9. The Hall–Kier alpha value is -0.880. The zero-order chi connectivity index (χ0) is 12.2. The van der Waals surface area contributed by atoms with E-state index in [1.165, 1.54) is 7.11 Å². The monoisotopic (exact) mass is 290 g/mol. The van der Waals surface area contributed by atoms with Gasteiger partial charge in [0.2, 0.25) is 0 Å². The molecular weight excluding hydrogens is 276 g/mol. The molecule has 6 heteroatoms. The summed E-state index contributed by atoms with van der Waals surface area (Å²) in [7, 11) is 1.54. The van der Waals surface area contributed by atoms with E-state index in [9.17, 15) is 4.79 Å².